The average molecular weight is 504 g/mol. The number of nitrogens with zero attached hydrogens (tertiary/aromatic N) is 3. The lowest BCUT2D eigenvalue weighted by atomic mass is 10.1. The Morgan fingerprint density at radius 3 is 2.41 bits per heavy atom. The Labute approximate surface area is 219 Å². The van der Waals surface area contributed by atoms with E-state index in [1.54, 1.807) is 23.2 Å². The Kier molecular flexibility index (Phi) is 8.63. The van der Waals surface area contributed by atoms with E-state index in [0.29, 0.717) is 32.2 Å². The molecule has 0 bridgehead atoms. The Morgan fingerprint density at radius 1 is 1.03 bits per heavy atom. The van der Waals surface area contributed by atoms with Crippen LogP contribution in [0.1, 0.15) is 30.5 Å². The molecule has 1 aromatic heterocycles. The molecule has 0 saturated heterocycles. The summed E-state index contributed by atoms with van der Waals surface area (Å²) in [7, 11) is 1.78. The third kappa shape index (κ3) is 6.78. The van der Waals surface area contributed by atoms with Crippen LogP contribution in [0.5, 0.6) is 0 Å². The van der Waals surface area contributed by atoms with Crippen LogP contribution in [0, 0.1) is 6.92 Å². The number of nitrogens with one attached hydrogen (secondary N) is 2. The van der Waals surface area contributed by atoms with Gasteiger partial charge in [-0.2, -0.15) is 0 Å². The van der Waals surface area contributed by atoms with Crippen LogP contribution in [0.25, 0.3) is 11.3 Å². The molecule has 1 aliphatic heterocycles. The summed E-state index contributed by atoms with van der Waals surface area (Å²) >= 11 is 0. The molecule has 0 unspecified atom stereocenters. The van der Waals surface area contributed by atoms with Crippen LogP contribution in [0.15, 0.2) is 65.3 Å². The van der Waals surface area contributed by atoms with E-state index in [0.717, 1.165) is 22.6 Å². The monoisotopic (exact) mass is 503 g/mol. The van der Waals surface area contributed by atoms with Gasteiger partial charge in [0.15, 0.2) is 0 Å². The lowest BCUT2D eigenvalue weighted by Gasteiger charge is -2.31. The Morgan fingerprint density at radius 2 is 1.76 bits per heavy atom. The summed E-state index contributed by atoms with van der Waals surface area (Å²) in [4.78, 5) is 28.2. The van der Waals surface area contributed by atoms with E-state index in [2.05, 4.69) is 36.6 Å². The van der Waals surface area contributed by atoms with Gasteiger partial charge in [0.1, 0.15) is 12.3 Å². The maximum absolute atomic E-state index is 13.3. The fraction of sp³-hybridized carbons (Fsp3) is 0.379. The number of hydrogen-bond donors (Lipinski definition) is 2. The number of likely N-dealkylation sites (N-methyl/N-ethyl adjacent to an activating group) is 1. The van der Waals surface area contributed by atoms with Crippen molar-refractivity contribution in [2.24, 2.45) is 0 Å². The summed E-state index contributed by atoms with van der Waals surface area (Å²) in [5.41, 5.74) is 5.29. The molecule has 3 aromatic rings. The van der Waals surface area contributed by atoms with Gasteiger partial charge in [0.25, 0.3) is 5.91 Å². The Balaban J connectivity index is 1.39. The number of carbonyl (C=O) groups excluding carboxylic acids is 2. The molecule has 0 radical (unpaired) electrons. The fourth-order valence-corrected chi connectivity index (χ4v) is 4.42. The van der Waals surface area contributed by atoms with Crippen LogP contribution in [0.4, 0.5) is 5.69 Å². The Hall–Kier alpha value is -3.62. The number of anilines is 1. The maximum Gasteiger partial charge on any atom is 0.256 e. The van der Waals surface area contributed by atoms with E-state index in [9.17, 15) is 9.59 Å². The molecule has 8 nitrogen and oxygen atoms in total. The van der Waals surface area contributed by atoms with E-state index in [1.807, 2.05) is 54.4 Å². The van der Waals surface area contributed by atoms with E-state index in [1.165, 1.54) is 11.1 Å². The minimum atomic E-state index is -0.125. The molecule has 2 aromatic carbocycles. The second-order valence-electron chi connectivity index (χ2n) is 9.79. The van der Waals surface area contributed by atoms with Crippen molar-refractivity contribution in [1.29, 1.82) is 0 Å². The van der Waals surface area contributed by atoms with Gasteiger partial charge in [-0.05, 0) is 41.8 Å². The second kappa shape index (κ2) is 12.1. The third-order valence-corrected chi connectivity index (χ3v) is 6.70. The Bertz CT molecular complexity index is 1180. The molecule has 196 valence electrons. The van der Waals surface area contributed by atoms with Gasteiger partial charge in [0, 0.05) is 50.5 Å². The maximum atomic E-state index is 13.3. The topological polar surface area (TPSA) is 81.1 Å². The number of fused-ring (bicyclic) bond motifs is 1. The van der Waals surface area contributed by atoms with Crippen molar-refractivity contribution < 1.29 is 14.0 Å². The zero-order chi connectivity index (χ0) is 26.4. The van der Waals surface area contributed by atoms with Crippen molar-refractivity contribution in [3.63, 3.8) is 0 Å². The summed E-state index contributed by atoms with van der Waals surface area (Å²) < 4.78 is 5.51. The molecule has 0 saturated carbocycles. The van der Waals surface area contributed by atoms with Crippen molar-refractivity contribution in [2.75, 3.05) is 38.5 Å². The first kappa shape index (κ1) is 26.4. The van der Waals surface area contributed by atoms with Gasteiger partial charge in [-0.3, -0.25) is 14.6 Å². The van der Waals surface area contributed by atoms with Gasteiger partial charge >= 0.3 is 0 Å². The molecule has 0 spiro atoms. The van der Waals surface area contributed by atoms with Gasteiger partial charge in [-0.15, -0.1) is 0 Å². The van der Waals surface area contributed by atoms with Gasteiger partial charge in [-0.25, -0.2) is 5.01 Å². The van der Waals surface area contributed by atoms with Crippen molar-refractivity contribution in [3.05, 3.63) is 77.6 Å². The molecule has 8 heteroatoms. The van der Waals surface area contributed by atoms with Gasteiger partial charge in [0.05, 0.1) is 12.8 Å². The van der Waals surface area contributed by atoms with E-state index in [4.69, 9.17) is 4.42 Å². The van der Waals surface area contributed by atoms with Crippen LogP contribution in [0.2, 0.25) is 0 Å². The number of carbonyl (C=O) groups is 2. The molecular formula is C29H37N5O3. The van der Waals surface area contributed by atoms with E-state index in [-0.39, 0.29) is 24.9 Å². The van der Waals surface area contributed by atoms with Crippen LogP contribution >= 0.6 is 0 Å². The predicted molar refractivity (Wildman–Crippen MR) is 146 cm³/mol. The highest BCUT2D eigenvalue weighted by Gasteiger charge is 2.27. The summed E-state index contributed by atoms with van der Waals surface area (Å²) in [5, 5.41) is 10.3. The lowest BCUT2D eigenvalue weighted by Crippen LogP contribution is -2.49. The normalized spacial score (nSPS) is 13.0. The highest BCUT2D eigenvalue weighted by molar-refractivity contribution is 5.87. The second-order valence-corrected chi connectivity index (χ2v) is 9.79. The quantitative estimate of drug-likeness (QED) is 0.413. The van der Waals surface area contributed by atoms with Crippen molar-refractivity contribution in [2.45, 2.75) is 39.9 Å². The summed E-state index contributed by atoms with van der Waals surface area (Å²) in [6, 6.07) is 18.3. The van der Waals surface area contributed by atoms with Crippen LogP contribution in [0.3, 0.4) is 0 Å². The van der Waals surface area contributed by atoms with E-state index < -0.39 is 0 Å². The average Bonchev–Trinajstić information content (AvgIpc) is 3.57. The molecule has 0 atom stereocenters. The molecule has 37 heavy (non-hydrogen) atoms. The zero-order valence-electron chi connectivity index (χ0n) is 22.2. The number of hydrazine groups is 1. The third-order valence-electron chi connectivity index (χ3n) is 6.70. The van der Waals surface area contributed by atoms with Crippen molar-refractivity contribution in [1.82, 2.24) is 20.2 Å². The SMILES string of the molecule is Cc1ccc(-c2ccco2)cc1NCC(=O)N(CCNC(C)C)CC(=O)N(C)N1Cc2ccccc2C1. The summed E-state index contributed by atoms with van der Waals surface area (Å²) in [5.74, 6) is 0.537. The first-order valence-corrected chi connectivity index (χ1v) is 12.8. The molecule has 2 heterocycles. The van der Waals surface area contributed by atoms with Crippen molar-refractivity contribution in [3.8, 4) is 11.3 Å². The van der Waals surface area contributed by atoms with Gasteiger partial charge in [0.2, 0.25) is 5.91 Å². The van der Waals surface area contributed by atoms with Crippen molar-refractivity contribution >= 4 is 17.5 Å². The molecule has 0 fully saturated rings. The molecule has 2 amide bonds. The minimum Gasteiger partial charge on any atom is -0.464 e. The van der Waals surface area contributed by atoms with Gasteiger partial charge in [-0.1, -0.05) is 50.2 Å². The molecule has 0 aliphatic carbocycles. The molecule has 2 N–H and O–H groups in total. The lowest BCUT2D eigenvalue weighted by molar-refractivity contribution is -0.151. The molecule has 4 rings (SSSR count). The largest absolute Gasteiger partial charge is 0.464 e. The fourth-order valence-electron chi connectivity index (χ4n) is 4.42. The predicted octanol–water partition coefficient (Wildman–Crippen LogP) is 3.88. The number of aryl methyl sites for hydroxylation is 1. The summed E-state index contributed by atoms with van der Waals surface area (Å²) in [6.07, 6.45) is 1.64. The first-order valence-electron chi connectivity index (χ1n) is 12.8. The van der Waals surface area contributed by atoms with Crippen LogP contribution in [-0.4, -0.2) is 66.0 Å². The smallest absolute Gasteiger partial charge is 0.256 e. The van der Waals surface area contributed by atoms with E-state index >= 15 is 0 Å². The number of hydrogen-bond acceptors (Lipinski definition) is 6. The molecular weight excluding hydrogens is 466 g/mol. The number of benzene rings is 2. The zero-order valence-corrected chi connectivity index (χ0v) is 22.2. The first-order chi connectivity index (χ1) is 17.8. The number of furan rings is 1. The minimum absolute atomic E-state index is 0.0229. The molecule has 1 aliphatic rings. The summed E-state index contributed by atoms with van der Waals surface area (Å²) in [6.45, 7) is 8.68. The van der Waals surface area contributed by atoms with Crippen LogP contribution in [-0.2, 0) is 22.7 Å². The number of rotatable bonds is 11. The standard InChI is InChI=1S/C29H37N5O3/c1-21(2)30-13-14-33(20-29(36)32(4)34-18-24-8-5-6-9-25(24)19-34)28(35)17-31-26-16-23(12-11-22(26)3)27-10-7-15-37-27/h5-12,15-16,21,30-31H,13-14,17-20H2,1-4H3. The highest BCUT2D eigenvalue weighted by atomic mass is 16.3. The van der Waals surface area contributed by atoms with Gasteiger partial charge < -0.3 is 20.0 Å². The number of amides is 2. The van der Waals surface area contributed by atoms with Crippen LogP contribution < -0.4 is 10.6 Å². The highest BCUT2D eigenvalue weighted by Crippen LogP contribution is 2.26.